The number of fused-ring (bicyclic) bond motifs is 1. The molecule has 7 nitrogen and oxygen atoms in total. The predicted molar refractivity (Wildman–Crippen MR) is 102 cm³/mol. The van der Waals surface area contributed by atoms with Crippen LogP contribution in [0, 0.1) is 6.92 Å². The van der Waals surface area contributed by atoms with Crippen LogP contribution >= 0.6 is 0 Å². The summed E-state index contributed by atoms with van der Waals surface area (Å²) in [7, 11) is 0. The second kappa shape index (κ2) is 6.92. The number of nitrogens with zero attached hydrogens (tertiary/aromatic N) is 2. The van der Waals surface area contributed by atoms with Crippen molar-refractivity contribution in [2.45, 2.75) is 51.2 Å². The van der Waals surface area contributed by atoms with Gasteiger partial charge in [-0.15, -0.1) is 0 Å². The lowest BCUT2D eigenvalue weighted by atomic mass is 9.91. The minimum absolute atomic E-state index is 0.105. The minimum Gasteiger partial charge on any atom is -0.350 e. The number of anilines is 3. The van der Waals surface area contributed by atoms with Gasteiger partial charge in [0.1, 0.15) is 11.4 Å². The molecule has 0 bridgehead atoms. The van der Waals surface area contributed by atoms with Crippen molar-refractivity contribution >= 4 is 23.4 Å². The molecule has 1 aliphatic heterocycles. The quantitative estimate of drug-likeness (QED) is 0.674. The van der Waals surface area contributed by atoms with Gasteiger partial charge in [-0.05, 0) is 37.5 Å². The zero-order valence-corrected chi connectivity index (χ0v) is 14.9. The number of carbonyl (C=O) groups is 1. The molecular weight excluding hydrogens is 328 g/mol. The lowest BCUT2D eigenvalue weighted by Gasteiger charge is -2.29. The van der Waals surface area contributed by atoms with E-state index in [0.29, 0.717) is 29.6 Å². The van der Waals surface area contributed by atoms with E-state index >= 15 is 0 Å². The Morgan fingerprint density at radius 2 is 2.08 bits per heavy atom. The molecule has 1 aromatic carbocycles. The van der Waals surface area contributed by atoms with Crippen molar-refractivity contribution in [1.82, 2.24) is 15.3 Å². The molecule has 4 rings (SSSR count). The lowest BCUT2D eigenvalue weighted by Crippen LogP contribution is -2.43. The number of carbonyl (C=O) groups excluding carboxylic acids is 1. The number of rotatable bonds is 4. The number of nitrogens with two attached hydrogens (primary N) is 1. The first-order chi connectivity index (χ1) is 12.6. The summed E-state index contributed by atoms with van der Waals surface area (Å²) in [5, 5.41) is 9.50. The number of benzene rings is 1. The average molecular weight is 352 g/mol. The number of hydrogen-bond acceptors (Lipinski definition) is 6. The first kappa shape index (κ1) is 16.8. The molecule has 1 aliphatic carbocycles. The van der Waals surface area contributed by atoms with Gasteiger partial charge in [-0.2, -0.15) is 4.98 Å². The summed E-state index contributed by atoms with van der Waals surface area (Å²) in [6.45, 7) is 2.45. The molecule has 0 spiro atoms. The summed E-state index contributed by atoms with van der Waals surface area (Å²) >= 11 is 0. The first-order valence-corrected chi connectivity index (χ1v) is 9.15. The summed E-state index contributed by atoms with van der Waals surface area (Å²) in [5.41, 5.74) is 9.50. The summed E-state index contributed by atoms with van der Waals surface area (Å²) in [4.78, 5) is 21.4. The fourth-order valence-electron chi connectivity index (χ4n) is 3.65. The van der Waals surface area contributed by atoms with Gasteiger partial charge in [0, 0.05) is 17.8 Å². The van der Waals surface area contributed by atoms with Gasteiger partial charge in [-0.3, -0.25) is 4.79 Å². The molecule has 1 saturated carbocycles. The molecule has 7 heteroatoms. The normalized spacial score (nSPS) is 21.8. The van der Waals surface area contributed by atoms with Crippen LogP contribution in [0.25, 0.3) is 0 Å². The van der Waals surface area contributed by atoms with Crippen molar-refractivity contribution in [3.05, 3.63) is 41.1 Å². The molecule has 1 amide bonds. The molecule has 0 radical (unpaired) electrons. The van der Waals surface area contributed by atoms with E-state index in [1.807, 2.05) is 31.2 Å². The number of aryl methyl sites for hydroxylation is 1. The molecule has 26 heavy (non-hydrogen) atoms. The second-order valence-electron chi connectivity index (χ2n) is 7.09. The fraction of sp³-hybridized carbons (Fsp3) is 0.421. The summed E-state index contributed by atoms with van der Waals surface area (Å²) < 4.78 is 0. The zero-order chi connectivity index (χ0) is 18.1. The molecule has 1 fully saturated rings. The van der Waals surface area contributed by atoms with Crippen LogP contribution in [0.1, 0.15) is 47.3 Å². The van der Waals surface area contributed by atoms with E-state index in [2.05, 4.69) is 25.9 Å². The largest absolute Gasteiger partial charge is 0.350 e. The number of hydrogen-bond donors (Lipinski definition) is 4. The number of nitrogens with one attached hydrogen (secondary N) is 3. The van der Waals surface area contributed by atoms with Gasteiger partial charge in [-0.25, -0.2) is 4.98 Å². The van der Waals surface area contributed by atoms with E-state index in [1.165, 1.54) is 6.42 Å². The highest BCUT2D eigenvalue weighted by Crippen LogP contribution is 2.27. The SMILES string of the molecule is Cc1cccc(Nc2nc(NC3CCCCC3N)nc3c2C(=O)NC3)c1. The van der Waals surface area contributed by atoms with Gasteiger partial charge < -0.3 is 21.7 Å². The Kier molecular flexibility index (Phi) is 4.46. The average Bonchev–Trinajstić information content (AvgIpc) is 2.98. The third-order valence-corrected chi connectivity index (χ3v) is 5.04. The molecule has 2 unspecified atom stereocenters. The Labute approximate surface area is 152 Å². The predicted octanol–water partition coefficient (Wildman–Crippen LogP) is 2.45. The van der Waals surface area contributed by atoms with Gasteiger partial charge in [-0.1, -0.05) is 25.0 Å². The van der Waals surface area contributed by atoms with E-state index in [0.717, 1.165) is 30.5 Å². The van der Waals surface area contributed by atoms with Crippen molar-refractivity contribution in [3.8, 4) is 0 Å². The third-order valence-electron chi connectivity index (χ3n) is 5.04. The maximum Gasteiger partial charge on any atom is 0.257 e. The second-order valence-corrected chi connectivity index (χ2v) is 7.09. The van der Waals surface area contributed by atoms with Crippen LogP contribution in [0.5, 0.6) is 0 Å². The van der Waals surface area contributed by atoms with E-state index < -0.39 is 0 Å². The Hall–Kier alpha value is -2.67. The van der Waals surface area contributed by atoms with Gasteiger partial charge in [0.15, 0.2) is 0 Å². The van der Waals surface area contributed by atoms with Crippen molar-refractivity contribution in [3.63, 3.8) is 0 Å². The van der Waals surface area contributed by atoms with E-state index in [4.69, 9.17) is 5.73 Å². The van der Waals surface area contributed by atoms with Crippen LogP contribution < -0.4 is 21.7 Å². The Morgan fingerprint density at radius 1 is 1.23 bits per heavy atom. The highest BCUT2D eigenvalue weighted by Gasteiger charge is 2.28. The Balaban J connectivity index is 1.65. The molecule has 1 aromatic heterocycles. The molecule has 5 N–H and O–H groups in total. The molecular formula is C19H24N6O. The molecule has 2 heterocycles. The van der Waals surface area contributed by atoms with E-state index in [-0.39, 0.29) is 18.0 Å². The maximum absolute atomic E-state index is 12.2. The van der Waals surface area contributed by atoms with Crippen molar-refractivity contribution in [2.75, 3.05) is 10.6 Å². The topological polar surface area (TPSA) is 105 Å². The monoisotopic (exact) mass is 352 g/mol. The third kappa shape index (κ3) is 3.35. The molecule has 2 aliphatic rings. The van der Waals surface area contributed by atoms with Crippen molar-refractivity contribution in [2.24, 2.45) is 5.73 Å². The van der Waals surface area contributed by atoms with Gasteiger partial charge in [0.05, 0.1) is 12.2 Å². The lowest BCUT2D eigenvalue weighted by molar-refractivity contribution is 0.0966. The molecule has 2 atom stereocenters. The van der Waals surface area contributed by atoms with Crippen LogP contribution in [-0.4, -0.2) is 28.0 Å². The maximum atomic E-state index is 12.2. The van der Waals surface area contributed by atoms with Gasteiger partial charge in [0.2, 0.25) is 5.95 Å². The summed E-state index contributed by atoms with van der Waals surface area (Å²) in [6.07, 6.45) is 4.35. The summed E-state index contributed by atoms with van der Waals surface area (Å²) in [6, 6.07) is 8.25. The molecule has 2 aromatic rings. The first-order valence-electron chi connectivity index (χ1n) is 9.15. The van der Waals surface area contributed by atoms with Crippen LogP contribution in [0.4, 0.5) is 17.5 Å². The van der Waals surface area contributed by atoms with Gasteiger partial charge in [0.25, 0.3) is 5.91 Å². The fourth-order valence-corrected chi connectivity index (χ4v) is 3.65. The Bertz CT molecular complexity index is 837. The highest BCUT2D eigenvalue weighted by atomic mass is 16.2. The van der Waals surface area contributed by atoms with Crippen LogP contribution in [0.3, 0.4) is 0 Å². The Morgan fingerprint density at radius 3 is 2.88 bits per heavy atom. The van der Waals surface area contributed by atoms with E-state index in [9.17, 15) is 4.79 Å². The number of amides is 1. The zero-order valence-electron chi connectivity index (χ0n) is 14.9. The smallest absolute Gasteiger partial charge is 0.257 e. The van der Waals surface area contributed by atoms with Crippen molar-refractivity contribution in [1.29, 1.82) is 0 Å². The highest BCUT2D eigenvalue weighted by molar-refractivity contribution is 6.02. The van der Waals surface area contributed by atoms with Crippen LogP contribution in [0.2, 0.25) is 0 Å². The number of aromatic nitrogens is 2. The molecule has 0 saturated heterocycles. The minimum atomic E-state index is -0.143. The van der Waals surface area contributed by atoms with E-state index in [1.54, 1.807) is 0 Å². The van der Waals surface area contributed by atoms with Gasteiger partial charge >= 0.3 is 0 Å². The standard InChI is InChI=1S/C19H24N6O/c1-11-5-4-6-12(9-11)22-17-16-15(10-21-18(16)26)24-19(25-17)23-14-8-3-2-7-13(14)20/h4-6,9,13-14H,2-3,7-8,10,20H2,1H3,(H,21,26)(H2,22,23,24,25). The van der Waals surface area contributed by atoms with Crippen LogP contribution in [-0.2, 0) is 6.54 Å². The molecule has 136 valence electrons. The van der Waals surface area contributed by atoms with Crippen molar-refractivity contribution < 1.29 is 4.79 Å². The summed E-state index contributed by atoms with van der Waals surface area (Å²) in [5.74, 6) is 0.913. The van der Waals surface area contributed by atoms with Crippen LogP contribution in [0.15, 0.2) is 24.3 Å².